The van der Waals surface area contributed by atoms with E-state index in [9.17, 15) is 14.9 Å². The second-order valence-corrected chi connectivity index (χ2v) is 9.05. The van der Waals surface area contributed by atoms with E-state index in [1.165, 1.54) is 12.1 Å². The van der Waals surface area contributed by atoms with Crippen LogP contribution < -0.4 is 10.1 Å². The molecule has 1 atom stereocenters. The Morgan fingerprint density at radius 1 is 1.03 bits per heavy atom. The summed E-state index contributed by atoms with van der Waals surface area (Å²) in [7, 11) is 0. The van der Waals surface area contributed by atoms with Crippen LogP contribution in [0.5, 0.6) is 5.75 Å². The number of aromatic nitrogens is 3. The van der Waals surface area contributed by atoms with Crippen LogP contribution in [0.15, 0.2) is 90.1 Å². The largest absolute Gasteiger partial charge is 0.489 e. The zero-order valence-electron chi connectivity index (χ0n) is 19.8. The maximum Gasteiger partial charge on any atom is 0.270 e. The summed E-state index contributed by atoms with van der Waals surface area (Å²) in [6, 6.07) is 23.4. The van der Waals surface area contributed by atoms with E-state index in [1.54, 1.807) is 16.8 Å². The number of nitrogens with one attached hydrogen (secondary N) is 1. The van der Waals surface area contributed by atoms with Crippen LogP contribution in [-0.2, 0) is 11.4 Å². The summed E-state index contributed by atoms with van der Waals surface area (Å²) in [5, 5.41) is 19.3. The van der Waals surface area contributed by atoms with Crippen LogP contribution in [0, 0.1) is 10.1 Å². The number of Topliss-reactive ketones (excluding diaryl/α,β-unsaturated/α-hetero) is 1. The molecule has 6 rings (SSSR count). The number of allylic oxidation sites excluding steroid dienone is 2. The lowest BCUT2D eigenvalue weighted by atomic mass is 9.85. The van der Waals surface area contributed by atoms with Crippen LogP contribution in [-0.4, -0.2) is 25.5 Å². The fourth-order valence-electron chi connectivity index (χ4n) is 4.83. The van der Waals surface area contributed by atoms with Crippen molar-refractivity contribution in [2.24, 2.45) is 0 Å². The molecular formula is C28H23N5O4. The number of rotatable bonds is 6. The molecule has 0 saturated heterocycles. The van der Waals surface area contributed by atoms with Gasteiger partial charge in [-0.3, -0.25) is 14.9 Å². The third-order valence-corrected chi connectivity index (χ3v) is 6.63. The molecule has 3 aromatic carbocycles. The SMILES string of the molecule is O=C1CCCC2=C1C(c1ccc(OCc3ccccc3)cc1)n1nc(-c3cccc([N+](=O)[O-])c3)nc1N2. The van der Waals surface area contributed by atoms with E-state index < -0.39 is 11.0 Å². The Kier molecular flexibility index (Phi) is 5.72. The van der Waals surface area contributed by atoms with Crippen molar-refractivity contribution in [2.75, 3.05) is 5.32 Å². The molecular weight excluding hydrogens is 470 g/mol. The lowest BCUT2D eigenvalue weighted by Crippen LogP contribution is -2.31. The molecule has 9 nitrogen and oxygen atoms in total. The molecule has 0 saturated carbocycles. The Balaban J connectivity index is 1.35. The molecule has 0 fully saturated rings. The third-order valence-electron chi connectivity index (χ3n) is 6.63. The normalized spacial score (nSPS) is 16.5. The number of hydrogen-bond donors (Lipinski definition) is 1. The number of hydrogen-bond acceptors (Lipinski definition) is 7. The molecule has 0 radical (unpaired) electrons. The number of benzene rings is 3. The van der Waals surface area contributed by atoms with Gasteiger partial charge >= 0.3 is 0 Å². The molecule has 2 aliphatic rings. The van der Waals surface area contributed by atoms with Gasteiger partial charge in [0.1, 0.15) is 18.4 Å². The minimum absolute atomic E-state index is 0.0338. The fourth-order valence-corrected chi connectivity index (χ4v) is 4.83. The highest BCUT2D eigenvalue weighted by Crippen LogP contribution is 2.41. The molecule has 37 heavy (non-hydrogen) atoms. The van der Waals surface area contributed by atoms with Gasteiger partial charge in [0.15, 0.2) is 11.6 Å². The van der Waals surface area contributed by atoms with Gasteiger partial charge in [-0.2, -0.15) is 4.98 Å². The number of fused-ring (bicyclic) bond motifs is 1. The molecule has 2 heterocycles. The summed E-state index contributed by atoms with van der Waals surface area (Å²) < 4.78 is 7.65. The van der Waals surface area contributed by atoms with Crippen molar-refractivity contribution in [3.63, 3.8) is 0 Å². The van der Waals surface area contributed by atoms with Gasteiger partial charge in [0.2, 0.25) is 5.95 Å². The molecule has 9 heteroatoms. The maximum atomic E-state index is 13.1. The third kappa shape index (κ3) is 4.35. The number of nitro groups is 1. The summed E-state index contributed by atoms with van der Waals surface area (Å²) in [5.74, 6) is 1.67. The number of carbonyl (C=O) groups is 1. The van der Waals surface area contributed by atoms with Crippen LogP contribution in [0.3, 0.4) is 0 Å². The number of nitro benzene ring substituents is 1. The molecule has 0 spiro atoms. The van der Waals surface area contributed by atoms with Crippen LogP contribution >= 0.6 is 0 Å². The van der Waals surface area contributed by atoms with E-state index in [0.29, 0.717) is 35.9 Å². The molecule has 184 valence electrons. The quantitative estimate of drug-likeness (QED) is 0.281. The Hall–Kier alpha value is -4.79. The fraction of sp³-hybridized carbons (Fsp3) is 0.179. The second kappa shape index (κ2) is 9.34. The molecule has 0 bridgehead atoms. The predicted molar refractivity (Wildman–Crippen MR) is 137 cm³/mol. The van der Waals surface area contributed by atoms with Gasteiger partial charge in [-0.1, -0.05) is 54.6 Å². The highest BCUT2D eigenvalue weighted by Gasteiger charge is 2.37. The van der Waals surface area contributed by atoms with Crippen LogP contribution in [0.2, 0.25) is 0 Å². The van der Waals surface area contributed by atoms with E-state index in [-0.39, 0.29) is 11.5 Å². The van der Waals surface area contributed by atoms with E-state index in [4.69, 9.17) is 9.84 Å². The van der Waals surface area contributed by atoms with Crippen LogP contribution in [0.25, 0.3) is 11.4 Å². The average Bonchev–Trinajstić information content (AvgIpc) is 3.36. The lowest BCUT2D eigenvalue weighted by molar-refractivity contribution is -0.384. The van der Waals surface area contributed by atoms with Crippen molar-refractivity contribution in [1.29, 1.82) is 0 Å². The van der Waals surface area contributed by atoms with Crippen LogP contribution in [0.4, 0.5) is 11.6 Å². The van der Waals surface area contributed by atoms with E-state index in [2.05, 4.69) is 10.3 Å². The number of non-ortho nitro benzene ring substituents is 1. The Morgan fingerprint density at radius 2 is 1.84 bits per heavy atom. The molecule has 1 aliphatic heterocycles. The number of nitrogens with zero attached hydrogens (tertiary/aromatic N) is 4. The van der Waals surface area contributed by atoms with E-state index in [1.807, 2.05) is 54.6 Å². The number of ketones is 1. The van der Waals surface area contributed by atoms with Gasteiger partial charge in [-0.25, -0.2) is 4.68 Å². The summed E-state index contributed by atoms with van der Waals surface area (Å²) in [6.07, 6.45) is 2.00. The molecule has 4 aromatic rings. The summed E-state index contributed by atoms with van der Waals surface area (Å²) in [5.41, 5.74) is 4.00. The molecule has 1 unspecified atom stereocenters. The Labute approximate surface area is 212 Å². The predicted octanol–water partition coefficient (Wildman–Crippen LogP) is 5.45. The molecule has 1 N–H and O–H groups in total. The van der Waals surface area contributed by atoms with Gasteiger partial charge in [-0.15, -0.1) is 5.10 Å². The topological polar surface area (TPSA) is 112 Å². The number of carbonyl (C=O) groups excluding carboxylic acids is 1. The van der Waals surface area contributed by atoms with Gasteiger partial charge in [0.05, 0.1) is 4.92 Å². The lowest BCUT2D eigenvalue weighted by Gasteiger charge is -2.32. The molecule has 0 amide bonds. The van der Waals surface area contributed by atoms with Gasteiger partial charge in [0, 0.05) is 35.4 Å². The zero-order chi connectivity index (χ0) is 25.4. The van der Waals surface area contributed by atoms with Gasteiger partial charge in [-0.05, 0) is 36.1 Å². The first-order chi connectivity index (χ1) is 18.1. The highest BCUT2D eigenvalue weighted by molar-refractivity contribution is 5.99. The van der Waals surface area contributed by atoms with Gasteiger partial charge in [0.25, 0.3) is 5.69 Å². The highest BCUT2D eigenvalue weighted by atomic mass is 16.6. The minimum Gasteiger partial charge on any atom is -0.489 e. The van der Waals surface area contributed by atoms with E-state index in [0.717, 1.165) is 35.4 Å². The Bertz CT molecular complexity index is 1530. The zero-order valence-corrected chi connectivity index (χ0v) is 19.8. The van der Waals surface area contributed by atoms with Crippen molar-refractivity contribution in [3.05, 3.63) is 111 Å². The standard InChI is InChI=1S/C28H23N5O4/c34-24-11-5-10-23-25(24)26(19-12-14-22(15-13-19)37-17-18-6-2-1-3-7-18)32-28(29-23)30-27(31-32)20-8-4-9-21(16-20)33(35)36/h1-4,6-9,12-16,26H,5,10-11,17H2,(H,29,30,31). The molecule has 1 aromatic heterocycles. The average molecular weight is 494 g/mol. The van der Waals surface area contributed by atoms with Crippen molar-refractivity contribution >= 4 is 17.4 Å². The van der Waals surface area contributed by atoms with Crippen molar-refractivity contribution in [1.82, 2.24) is 14.8 Å². The summed E-state index contributed by atoms with van der Waals surface area (Å²) in [6.45, 7) is 0.459. The van der Waals surface area contributed by atoms with E-state index >= 15 is 0 Å². The Morgan fingerprint density at radius 3 is 2.62 bits per heavy atom. The second-order valence-electron chi connectivity index (χ2n) is 9.05. The van der Waals surface area contributed by atoms with Crippen molar-refractivity contribution < 1.29 is 14.5 Å². The number of ether oxygens (including phenoxy) is 1. The maximum absolute atomic E-state index is 13.1. The van der Waals surface area contributed by atoms with Crippen LogP contribution in [0.1, 0.15) is 36.4 Å². The smallest absolute Gasteiger partial charge is 0.270 e. The first-order valence-corrected chi connectivity index (χ1v) is 12.1. The summed E-state index contributed by atoms with van der Waals surface area (Å²) in [4.78, 5) is 28.6. The number of anilines is 1. The van der Waals surface area contributed by atoms with Crippen molar-refractivity contribution in [2.45, 2.75) is 31.9 Å². The molecule has 1 aliphatic carbocycles. The first kappa shape index (κ1) is 22.7. The minimum atomic E-state index is -0.456. The first-order valence-electron chi connectivity index (χ1n) is 12.1. The van der Waals surface area contributed by atoms with Crippen molar-refractivity contribution in [3.8, 4) is 17.1 Å². The summed E-state index contributed by atoms with van der Waals surface area (Å²) >= 11 is 0. The monoisotopic (exact) mass is 493 g/mol. The van der Waals surface area contributed by atoms with Gasteiger partial charge < -0.3 is 10.1 Å².